The molecule has 0 aromatic carbocycles. The molecule has 2 aliphatic rings. The number of amides is 1. The lowest BCUT2D eigenvalue weighted by molar-refractivity contribution is -0.152. The summed E-state index contributed by atoms with van der Waals surface area (Å²) >= 11 is 0. The van der Waals surface area contributed by atoms with Crippen LogP contribution in [0.3, 0.4) is 0 Å². The summed E-state index contributed by atoms with van der Waals surface area (Å²) in [7, 11) is 0. The van der Waals surface area contributed by atoms with Gasteiger partial charge in [-0.2, -0.15) is 0 Å². The summed E-state index contributed by atoms with van der Waals surface area (Å²) in [5.41, 5.74) is -0.154. The van der Waals surface area contributed by atoms with Gasteiger partial charge in [0.15, 0.2) is 0 Å². The van der Waals surface area contributed by atoms with Gasteiger partial charge in [-0.3, -0.25) is 4.79 Å². The Morgan fingerprint density at radius 3 is 2.71 bits per heavy atom. The minimum absolute atomic E-state index is 0.00902. The molecule has 1 amide bonds. The molecule has 2 rings (SSSR count). The molecule has 1 heterocycles. The van der Waals surface area contributed by atoms with Gasteiger partial charge in [0, 0.05) is 11.8 Å². The number of carbonyl (C=O) groups is 2. The van der Waals surface area contributed by atoms with Crippen LogP contribution in [-0.4, -0.2) is 24.5 Å². The van der Waals surface area contributed by atoms with Crippen LogP contribution in [-0.2, 0) is 14.3 Å². The van der Waals surface area contributed by atoms with Crippen molar-refractivity contribution in [1.29, 1.82) is 0 Å². The van der Waals surface area contributed by atoms with E-state index in [1.807, 2.05) is 0 Å². The van der Waals surface area contributed by atoms with E-state index in [2.05, 4.69) is 19.2 Å². The third kappa shape index (κ3) is 2.05. The highest BCUT2D eigenvalue weighted by Gasteiger charge is 2.58. The van der Waals surface area contributed by atoms with Crippen LogP contribution >= 0.6 is 0 Å². The molecule has 1 saturated heterocycles. The van der Waals surface area contributed by atoms with Crippen molar-refractivity contribution in [3.05, 3.63) is 0 Å². The molecule has 1 aliphatic carbocycles. The number of nitrogens with one attached hydrogen (secondary N) is 1. The molecule has 0 aromatic rings. The quantitative estimate of drug-likeness (QED) is 0.759. The van der Waals surface area contributed by atoms with Gasteiger partial charge in [-0.1, -0.05) is 13.8 Å². The number of hydrogen-bond acceptors (Lipinski definition) is 3. The highest BCUT2D eigenvalue weighted by Crippen LogP contribution is 2.55. The molecular weight excluding hydrogens is 218 g/mol. The third-order valence-corrected chi connectivity index (χ3v) is 4.23. The maximum Gasteiger partial charge on any atom is 0.329 e. The lowest BCUT2D eigenvalue weighted by Gasteiger charge is -2.48. The van der Waals surface area contributed by atoms with E-state index in [1.54, 1.807) is 6.92 Å². The summed E-state index contributed by atoms with van der Waals surface area (Å²) in [6, 6.07) is -0.412. The topological polar surface area (TPSA) is 55.4 Å². The molecule has 4 nitrogen and oxygen atoms in total. The Kier molecular flexibility index (Phi) is 3.15. The molecule has 96 valence electrons. The van der Waals surface area contributed by atoms with E-state index in [0.717, 1.165) is 12.8 Å². The number of rotatable bonds is 3. The molecule has 1 spiro atoms. The van der Waals surface area contributed by atoms with Crippen LogP contribution in [0.1, 0.15) is 40.0 Å². The van der Waals surface area contributed by atoms with Crippen molar-refractivity contribution in [2.45, 2.75) is 46.1 Å². The van der Waals surface area contributed by atoms with Crippen molar-refractivity contribution in [3.8, 4) is 0 Å². The smallest absolute Gasteiger partial charge is 0.329 e. The van der Waals surface area contributed by atoms with Gasteiger partial charge >= 0.3 is 5.97 Å². The van der Waals surface area contributed by atoms with Gasteiger partial charge in [-0.25, -0.2) is 4.79 Å². The van der Waals surface area contributed by atoms with Gasteiger partial charge in [0.2, 0.25) is 5.91 Å². The zero-order valence-electron chi connectivity index (χ0n) is 10.8. The van der Waals surface area contributed by atoms with Crippen LogP contribution < -0.4 is 5.32 Å². The molecule has 0 radical (unpaired) electrons. The summed E-state index contributed by atoms with van der Waals surface area (Å²) in [5, 5.41) is 2.78. The first-order valence-electron chi connectivity index (χ1n) is 6.44. The molecule has 0 aromatic heterocycles. The van der Waals surface area contributed by atoms with Crippen molar-refractivity contribution in [2.24, 2.45) is 17.3 Å². The fourth-order valence-electron chi connectivity index (χ4n) is 3.16. The van der Waals surface area contributed by atoms with Gasteiger partial charge in [-0.15, -0.1) is 0 Å². The highest BCUT2D eigenvalue weighted by atomic mass is 16.5. The Bertz CT molecular complexity index is 332. The maximum atomic E-state index is 11.8. The largest absolute Gasteiger partial charge is 0.464 e. The van der Waals surface area contributed by atoms with E-state index < -0.39 is 6.04 Å². The van der Waals surface area contributed by atoms with Gasteiger partial charge in [0.05, 0.1) is 6.61 Å². The van der Waals surface area contributed by atoms with Crippen LogP contribution in [0.15, 0.2) is 0 Å². The fourth-order valence-corrected chi connectivity index (χ4v) is 3.16. The van der Waals surface area contributed by atoms with E-state index in [9.17, 15) is 9.59 Å². The van der Waals surface area contributed by atoms with Crippen molar-refractivity contribution in [1.82, 2.24) is 5.32 Å². The van der Waals surface area contributed by atoms with E-state index in [4.69, 9.17) is 4.74 Å². The average molecular weight is 239 g/mol. The Morgan fingerprint density at radius 2 is 2.18 bits per heavy atom. The minimum Gasteiger partial charge on any atom is -0.464 e. The summed E-state index contributed by atoms with van der Waals surface area (Å²) in [6.07, 6.45) is 2.42. The maximum absolute atomic E-state index is 11.8. The molecule has 1 N–H and O–H groups in total. The standard InChI is InChI=1S/C13H21NO3/c1-4-17-12(16)11-13(7-10(15)14-11)5-9(6-13)8(2)3/h8-9,11H,4-7H2,1-3H3,(H,14,15). The lowest BCUT2D eigenvalue weighted by atomic mass is 9.55. The number of esters is 1. The second-order valence-corrected chi connectivity index (χ2v) is 5.70. The number of hydrogen-bond donors (Lipinski definition) is 1. The SMILES string of the molecule is CCOC(=O)C1NC(=O)CC12CC(C(C)C)C2. The molecule has 0 bridgehead atoms. The molecule has 1 saturated carbocycles. The summed E-state index contributed by atoms with van der Waals surface area (Å²) in [4.78, 5) is 23.4. The predicted molar refractivity (Wildman–Crippen MR) is 63.2 cm³/mol. The molecular formula is C13H21NO3. The van der Waals surface area contributed by atoms with Crippen LogP contribution in [0.2, 0.25) is 0 Å². The Labute approximate surface area is 102 Å². The first-order chi connectivity index (χ1) is 7.98. The Balaban J connectivity index is 2.06. The molecule has 1 aliphatic heterocycles. The van der Waals surface area contributed by atoms with Crippen molar-refractivity contribution in [2.75, 3.05) is 6.61 Å². The lowest BCUT2D eigenvalue weighted by Crippen LogP contribution is -2.52. The monoisotopic (exact) mass is 239 g/mol. The molecule has 4 heteroatoms. The second-order valence-electron chi connectivity index (χ2n) is 5.70. The van der Waals surface area contributed by atoms with E-state index in [-0.39, 0.29) is 17.3 Å². The van der Waals surface area contributed by atoms with Crippen molar-refractivity contribution >= 4 is 11.9 Å². The highest BCUT2D eigenvalue weighted by molar-refractivity contribution is 5.90. The first kappa shape index (κ1) is 12.4. The van der Waals surface area contributed by atoms with Crippen LogP contribution in [0.4, 0.5) is 0 Å². The van der Waals surface area contributed by atoms with Crippen molar-refractivity contribution in [3.63, 3.8) is 0 Å². The summed E-state index contributed by atoms with van der Waals surface area (Å²) < 4.78 is 5.05. The third-order valence-electron chi connectivity index (χ3n) is 4.23. The zero-order chi connectivity index (χ0) is 12.6. The van der Waals surface area contributed by atoms with Crippen LogP contribution in [0.5, 0.6) is 0 Å². The van der Waals surface area contributed by atoms with Gasteiger partial charge < -0.3 is 10.1 Å². The second kappa shape index (κ2) is 4.31. The van der Waals surface area contributed by atoms with E-state index >= 15 is 0 Å². The van der Waals surface area contributed by atoms with E-state index in [1.165, 1.54) is 0 Å². The van der Waals surface area contributed by atoms with Crippen LogP contribution in [0.25, 0.3) is 0 Å². The van der Waals surface area contributed by atoms with Crippen LogP contribution in [0, 0.1) is 17.3 Å². The van der Waals surface area contributed by atoms with E-state index in [0.29, 0.717) is 24.9 Å². The Hall–Kier alpha value is -1.06. The molecule has 2 fully saturated rings. The molecule has 1 unspecified atom stereocenters. The normalized spacial score (nSPS) is 35.9. The summed E-state index contributed by atoms with van der Waals surface area (Å²) in [6.45, 7) is 6.55. The number of ether oxygens (including phenoxy) is 1. The Morgan fingerprint density at radius 1 is 1.53 bits per heavy atom. The first-order valence-corrected chi connectivity index (χ1v) is 6.44. The minimum atomic E-state index is -0.412. The van der Waals surface area contributed by atoms with Gasteiger partial charge in [0.25, 0.3) is 0 Å². The van der Waals surface area contributed by atoms with Gasteiger partial charge in [-0.05, 0) is 31.6 Å². The van der Waals surface area contributed by atoms with Crippen molar-refractivity contribution < 1.29 is 14.3 Å². The molecule has 17 heavy (non-hydrogen) atoms. The molecule has 1 atom stereocenters. The zero-order valence-corrected chi connectivity index (χ0v) is 10.8. The summed E-state index contributed by atoms with van der Waals surface area (Å²) in [5.74, 6) is 0.990. The average Bonchev–Trinajstić information content (AvgIpc) is 2.53. The number of carbonyl (C=O) groups excluding carboxylic acids is 2. The van der Waals surface area contributed by atoms with Gasteiger partial charge in [0.1, 0.15) is 6.04 Å². The predicted octanol–water partition coefficient (Wildman–Crippen LogP) is 1.49. The fraction of sp³-hybridized carbons (Fsp3) is 0.846.